The average molecular weight is 280 g/mol. The predicted octanol–water partition coefficient (Wildman–Crippen LogP) is 7.64. The van der Waals surface area contributed by atoms with E-state index in [0.717, 1.165) is 6.42 Å². The summed E-state index contributed by atoms with van der Waals surface area (Å²) in [5.41, 5.74) is 0. The van der Waals surface area contributed by atoms with Crippen LogP contribution in [0.25, 0.3) is 0 Å². The van der Waals surface area contributed by atoms with E-state index in [1.165, 1.54) is 96.3 Å². The van der Waals surface area contributed by atoms with Gasteiger partial charge in [0.2, 0.25) is 0 Å². The van der Waals surface area contributed by atoms with Gasteiger partial charge in [-0.3, -0.25) is 0 Å². The lowest BCUT2D eigenvalue weighted by Gasteiger charge is -1.99. The molecule has 0 fully saturated rings. The van der Waals surface area contributed by atoms with E-state index in [2.05, 4.69) is 26.0 Å². The Balaban J connectivity index is 3.01. The number of hydrogen-bond donors (Lipinski definition) is 0. The van der Waals surface area contributed by atoms with Crippen molar-refractivity contribution in [2.24, 2.45) is 0 Å². The summed E-state index contributed by atoms with van der Waals surface area (Å²) in [7, 11) is 0. The molecule has 0 unspecified atom stereocenters. The van der Waals surface area contributed by atoms with Crippen molar-refractivity contribution in [2.75, 3.05) is 0 Å². The van der Waals surface area contributed by atoms with Crippen LogP contribution in [0, 0.1) is 6.92 Å². The van der Waals surface area contributed by atoms with Gasteiger partial charge in [0.15, 0.2) is 0 Å². The molecule has 0 aromatic rings. The second-order valence-electron chi connectivity index (χ2n) is 6.14. The minimum absolute atomic E-state index is 1.11. The van der Waals surface area contributed by atoms with E-state index in [0.29, 0.717) is 0 Å². The van der Waals surface area contributed by atoms with Gasteiger partial charge < -0.3 is 0 Å². The predicted molar refractivity (Wildman–Crippen MR) is 94.0 cm³/mol. The van der Waals surface area contributed by atoms with Gasteiger partial charge in [-0.1, -0.05) is 103 Å². The lowest BCUT2D eigenvalue weighted by Crippen LogP contribution is -1.80. The normalized spacial score (nSPS) is 11.5. The molecule has 0 nitrogen and oxygen atoms in total. The summed E-state index contributed by atoms with van der Waals surface area (Å²) in [5.74, 6) is 0. The number of unbranched alkanes of at least 4 members (excludes halogenated alkanes) is 14. The Morgan fingerprint density at radius 1 is 0.550 bits per heavy atom. The van der Waals surface area contributed by atoms with Gasteiger partial charge in [0, 0.05) is 0 Å². The van der Waals surface area contributed by atoms with Crippen LogP contribution >= 0.6 is 0 Å². The molecule has 0 heteroatoms. The van der Waals surface area contributed by atoms with Crippen molar-refractivity contribution in [1.82, 2.24) is 0 Å². The summed E-state index contributed by atoms with van der Waals surface area (Å²) in [6.07, 6.45) is 26.8. The van der Waals surface area contributed by atoms with Crippen LogP contribution in [0.3, 0.4) is 0 Å². The van der Waals surface area contributed by atoms with Crippen LogP contribution < -0.4 is 0 Å². The Kier molecular flexibility index (Phi) is 18.5. The molecule has 119 valence electrons. The molecular weight excluding hydrogens is 240 g/mol. The maximum absolute atomic E-state index is 3.88. The zero-order chi connectivity index (χ0) is 14.7. The number of rotatable bonds is 16. The molecule has 0 rings (SSSR count). The van der Waals surface area contributed by atoms with Gasteiger partial charge in [-0.15, -0.1) is 0 Å². The molecule has 0 bridgehead atoms. The van der Waals surface area contributed by atoms with Gasteiger partial charge in [-0.25, -0.2) is 0 Å². The first-order valence-corrected chi connectivity index (χ1v) is 9.36. The average Bonchev–Trinajstić information content (AvgIpc) is 2.47. The number of allylic oxidation sites excluding steroid dienone is 2. The third kappa shape index (κ3) is 17.7. The lowest BCUT2D eigenvalue weighted by atomic mass is 10.1. The van der Waals surface area contributed by atoms with E-state index in [-0.39, 0.29) is 0 Å². The van der Waals surface area contributed by atoms with Crippen LogP contribution in [0.2, 0.25) is 0 Å². The summed E-state index contributed by atoms with van der Waals surface area (Å²) >= 11 is 0. The first-order chi connectivity index (χ1) is 9.91. The van der Waals surface area contributed by atoms with Gasteiger partial charge >= 0.3 is 0 Å². The highest BCUT2D eigenvalue weighted by Gasteiger charge is 1.90. The van der Waals surface area contributed by atoms with Gasteiger partial charge in [-0.2, -0.15) is 0 Å². The van der Waals surface area contributed by atoms with E-state index >= 15 is 0 Å². The van der Waals surface area contributed by atoms with Crippen LogP contribution in [0.4, 0.5) is 0 Å². The first kappa shape index (κ1) is 19.7. The van der Waals surface area contributed by atoms with E-state index in [4.69, 9.17) is 0 Å². The Labute approximate surface area is 129 Å². The molecule has 0 aromatic carbocycles. The van der Waals surface area contributed by atoms with Crippen molar-refractivity contribution >= 4 is 0 Å². The van der Waals surface area contributed by atoms with E-state index < -0.39 is 0 Å². The van der Waals surface area contributed by atoms with Crippen LogP contribution in [-0.2, 0) is 0 Å². The lowest BCUT2D eigenvalue weighted by molar-refractivity contribution is 0.590. The molecule has 0 spiro atoms. The molecule has 0 amide bonds. The zero-order valence-electron chi connectivity index (χ0n) is 14.2. The smallest absolute Gasteiger partial charge is 0.0351 e. The van der Waals surface area contributed by atoms with Crippen molar-refractivity contribution in [3.8, 4) is 0 Å². The monoisotopic (exact) mass is 279 g/mol. The van der Waals surface area contributed by atoms with E-state index in [1.807, 2.05) is 0 Å². The summed E-state index contributed by atoms with van der Waals surface area (Å²) in [4.78, 5) is 0. The maximum Gasteiger partial charge on any atom is -0.0351 e. The van der Waals surface area contributed by atoms with Crippen molar-refractivity contribution in [3.63, 3.8) is 0 Å². The standard InChI is InChI=1S/C20H39/c1-3-5-7-9-11-13-15-17-19-20-18-16-14-12-10-8-6-4-2/h19-20H,1,3-18H2,2H3/b20-19-. The SMILES string of the molecule is [CH2]CCCCCCCC/C=C\CCCCCCCCC. The van der Waals surface area contributed by atoms with Gasteiger partial charge in [0.25, 0.3) is 0 Å². The third-order valence-corrected chi connectivity index (χ3v) is 4.01. The second-order valence-corrected chi connectivity index (χ2v) is 6.14. The summed E-state index contributed by atoms with van der Waals surface area (Å²) in [5, 5.41) is 0. The maximum atomic E-state index is 3.88. The molecule has 0 N–H and O–H groups in total. The summed E-state index contributed by atoms with van der Waals surface area (Å²) in [6, 6.07) is 0. The molecule has 1 radical (unpaired) electrons. The highest BCUT2D eigenvalue weighted by atomic mass is 14.0. The van der Waals surface area contributed by atoms with Crippen LogP contribution in [0.5, 0.6) is 0 Å². The Morgan fingerprint density at radius 2 is 0.950 bits per heavy atom. The molecule has 0 aromatic heterocycles. The highest BCUT2D eigenvalue weighted by Crippen LogP contribution is 2.10. The van der Waals surface area contributed by atoms with E-state index in [9.17, 15) is 0 Å². The largest absolute Gasteiger partial charge is 0.0885 e. The fraction of sp³-hybridized carbons (Fsp3) is 0.850. The molecule has 20 heavy (non-hydrogen) atoms. The molecule has 0 heterocycles. The van der Waals surface area contributed by atoms with Crippen LogP contribution in [0.15, 0.2) is 12.2 Å². The number of hydrogen-bond acceptors (Lipinski definition) is 0. The Bertz CT molecular complexity index is 160. The molecule has 0 aliphatic heterocycles. The molecule has 0 aliphatic carbocycles. The van der Waals surface area contributed by atoms with Gasteiger partial charge in [0.1, 0.15) is 0 Å². The van der Waals surface area contributed by atoms with Crippen molar-refractivity contribution in [2.45, 2.75) is 110 Å². The highest BCUT2D eigenvalue weighted by molar-refractivity contribution is 4.81. The first-order valence-electron chi connectivity index (χ1n) is 9.36. The fourth-order valence-corrected chi connectivity index (χ4v) is 2.60. The van der Waals surface area contributed by atoms with Gasteiger partial charge in [0.05, 0.1) is 0 Å². The van der Waals surface area contributed by atoms with Crippen molar-refractivity contribution in [1.29, 1.82) is 0 Å². The molecular formula is C20H39. The van der Waals surface area contributed by atoms with Crippen molar-refractivity contribution < 1.29 is 0 Å². The van der Waals surface area contributed by atoms with Crippen LogP contribution in [-0.4, -0.2) is 0 Å². The quantitative estimate of drug-likeness (QED) is 0.201. The molecule has 0 aliphatic rings. The van der Waals surface area contributed by atoms with E-state index in [1.54, 1.807) is 0 Å². The van der Waals surface area contributed by atoms with Crippen molar-refractivity contribution in [3.05, 3.63) is 19.1 Å². The molecule has 0 saturated heterocycles. The summed E-state index contributed by atoms with van der Waals surface area (Å²) < 4.78 is 0. The minimum Gasteiger partial charge on any atom is -0.0885 e. The molecule has 0 saturated carbocycles. The second kappa shape index (κ2) is 18.7. The van der Waals surface area contributed by atoms with Crippen LogP contribution in [0.1, 0.15) is 110 Å². The fourth-order valence-electron chi connectivity index (χ4n) is 2.60. The topological polar surface area (TPSA) is 0 Å². The Hall–Kier alpha value is -0.260. The Morgan fingerprint density at radius 3 is 1.40 bits per heavy atom. The zero-order valence-corrected chi connectivity index (χ0v) is 14.2. The third-order valence-electron chi connectivity index (χ3n) is 4.01. The summed E-state index contributed by atoms with van der Waals surface area (Å²) in [6.45, 7) is 6.17. The molecule has 0 atom stereocenters. The minimum atomic E-state index is 1.11. The van der Waals surface area contributed by atoms with Gasteiger partial charge in [-0.05, 0) is 25.7 Å².